The summed E-state index contributed by atoms with van der Waals surface area (Å²) in [5.41, 5.74) is 10.4. The van der Waals surface area contributed by atoms with Crippen molar-refractivity contribution in [2.45, 2.75) is 38.7 Å². The van der Waals surface area contributed by atoms with E-state index in [2.05, 4.69) is 55.3 Å². The second kappa shape index (κ2) is 9.04. The van der Waals surface area contributed by atoms with Gasteiger partial charge in [-0.25, -0.2) is 4.98 Å². The first-order valence-corrected chi connectivity index (χ1v) is 11.1. The van der Waals surface area contributed by atoms with Crippen LogP contribution in [0.15, 0.2) is 79.0 Å². The zero-order valence-electron chi connectivity index (χ0n) is 19.2. The standard InChI is InChI=1S/C28H29N3O2/c1-4-28(2,3)22-10-8-18(9-11-22)19-6-5-7-21(16-19)25(32)27(33)31-23-12-13-24-20(17-23)14-15-30-26(24)29/h5-17,25,32H,4H2,1-3H3,(H2,29,30)(H,31,33). The molecule has 1 heterocycles. The summed E-state index contributed by atoms with van der Waals surface area (Å²) in [7, 11) is 0. The van der Waals surface area contributed by atoms with Gasteiger partial charge in [0.25, 0.3) is 5.91 Å². The van der Waals surface area contributed by atoms with Crippen LogP contribution in [0.1, 0.15) is 44.4 Å². The number of nitrogens with zero attached hydrogens (tertiary/aromatic N) is 1. The number of fused-ring (bicyclic) bond motifs is 1. The van der Waals surface area contributed by atoms with E-state index < -0.39 is 12.0 Å². The smallest absolute Gasteiger partial charge is 0.257 e. The number of aliphatic hydroxyl groups excluding tert-OH is 1. The average Bonchev–Trinajstić information content (AvgIpc) is 2.84. The molecule has 1 atom stereocenters. The fourth-order valence-corrected chi connectivity index (χ4v) is 3.85. The molecular weight excluding hydrogens is 410 g/mol. The maximum atomic E-state index is 12.8. The number of nitrogens with two attached hydrogens (primary N) is 1. The zero-order chi connectivity index (χ0) is 23.6. The topological polar surface area (TPSA) is 88.2 Å². The Morgan fingerprint density at radius 2 is 1.79 bits per heavy atom. The summed E-state index contributed by atoms with van der Waals surface area (Å²) < 4.78 is 0. The van der Waals surface area contributed by atoms with Crippen LogP contribution in [0.3, 0.4) is 0 Å². The predicted molar refractivity (Wildman–Crippen MR) is 135 cm³/mol. The minimum atomic E-state index is -1.29. The van der Waals surface area contributed by atoms with Crippen molar-refractivity contribution >= 4 is 28.2 Å². The maximum Gasteiger partial charge on any atom is 0.257 e. The van der Waals surface area contributed by atoms with Crippen molar-refractivity contribution in [1.29, 1.82) is 0 Å². The first kappa shape index (κ1) is 22.5. The first-order chi connectivity index (χ1) is 15.8. The lowest BCUT2D eigenvalue weighted by Crippen LogP contribution is -2.20. The van der Waals surface area contributed by atoms with Gasteiger partial charge in [-0.05, 0) is 69.8 Å². The first-order valence-electron chi connectivity index (χ1n) is 11.1. The Bertz CT molecular complexity index is 1300. The highest BCUT2D eigenvalue weighted by molar-refractivity contribution is 5.99. The molecule has 0 spiro atoms. The number of aliphatic hydroxyl groups is 1. The van der Waals surface area contributed by atoms with E-state index in [-0.39, 0.29) is 5.41 Å². The van der Waals surface area contributed by atoms with E-state index in [0.29, 0.717) is 17.1 Å². The lowest BCUT2D eigenvalue weighted by atomic mass is 9.82. The van der Waals surface area contributed by atoms with Gasteiger partial charge in [-0.1, -0.05) is 63.2 Å². The molecule has 4 aromatic rings. The van der Waals surface area contributed by atoms with Crippen molar-refractivity contribution in [3.8, 4) is 11.1 Å². The molecule has 0 aliphatic heterocycles. The molecule has 5 nitrogen and oxygen atoms in total. The maximum absolute atomic E-state index is 12.8. The Morgan fingerprint density at radius 3 is 2.52 bits per heavy atom. The molecule has 1 amide bonds. The molecule has 5 heteroatoms. The number of anilines is 2. The number of carbonyl (C=O) groups excluding carboxylic acids is 1. The Labute approximate surface area is 194 Å². The summed E-state index contributed by atoms with van der Waals surface area (Å²) in [6.45, 7) is 6.66. The normalized spacial score (nSPS) is 12.5. The monoisotopic (exact) mass is 439 g/mol. The summed E-state index contributed by atoms with van der Waals surface area (Å²) in [5.74, 6) is -0.0536. The van der Waals surface area contributed by atoms with Crippen molar-refractivity contribution < 1.29 is 9.90 Å². The van der Waals surface area contributed by atoms with Crippen LogP contribution in [-0.2, 0) is 10.2 Å². The van der Waals surface area contributed by atoms with Crippen molar-refractivity contribution in [3.05, 3.63) is 90.1 Å². The highest BCUT2D eigenvalue weighted by Gasteiger charge is 2.20. The highest BCUT2D eigenvalue weighted by Crippen LogP contribution is 2.30. The Kier molecular flexibility index (Phi) is 6.16. The second-order valence-electron chi connectivity index (χ2n) is 8.96. The summed E-state index contributed by atoms with van der Waals surface area (Å²) >= 11 is 0. The number of hydrogen-bond donors (Lipinski definition) is 3. The zero-order valence-corrected chi connectivity index (χ0v) is 19.2. The third kappa shape index (κ3) is 4.73. The van der Waals surface area contributed by atoms with Gasteiger partial charge in [0, 0.05) is 17.3 Å². The molecule has 4 N–H and O–H groups in total. The summed E-state index contributed by atoms with van der Waals surface area (Å²) in [6, 6.07) is 23.1. The average molecular weight is 440 g/mol. The molecule has 0 radical (unpaired) electrons. The summed E-state index contributed by atoms with van der Waals surface area (Å²) in [5, 5.41) is 15.2. The molecular formula is C28H29N3O2. The number of nitrogens with one attached hydrogen (secondary N) is 1. The predicted octanol–water partition coefficient (Wildman–Crippen LogP) is 5.84. The third-order valence-corrected chi connectivity index (χ3v) is 6.40. The fraction of sp³-hybridized carbons (Fsp3) is 0.214. The van der Waals surface area contributed by atoms with Gasteiger partial charge in [0.15, 0.2) is 6.10 Å². The number of pyridine rings is 1. The van der Waals surface area contributed by atoms with Crippen LogP contribution in [0.4, 0.5) is 11.5 Å². The van der Waals surface area contributed by atoms with Crippen LogP contribution in [0.5, 0.6) is 0 Å². The molecule has 0 bridgehead atoms. The van der Waals surface area contributed by atoms with Gasteiger partial charge in [-0.2, -0.15) is 0 Å². The van der Waals surface area contributed by atoms with Crippen LogP contribution in [0.2, 0.25) is 0 Å². The molecule has 0 saturated carbocycles. The van der Waals surface area contributed by atoms with Crippen LogP contribution in [0.25, 0.3) is 21.9 Å². The highest BCUT2D eigenvalue weighted by atomic mass is 16.3. The Balaban J connectivity index is 1.52. The van der Waals surface area contributed by atoms with Crippen LogP contribution >= 0.6 is 0 Å². The van der Waals surface area contributed by atoms with E-state index in [1.54, 1.807) is 18.3 Å². The van der Waals surface area contributed by atoms with Crippen molar-refractivity contribution in [1.82, 2.24) is 4.98 Å². The SMILES string of the molecule is CCC(C)(C)c1ccc(-c2cccc(C(O)C(=O)Nc3ccc4c(N)nccc4c3)c2)cc1. The largest absolute Gasteiger partial charge is 0.383 e. The second-order valence-corrected chi connectivity index (χ2v) is 8.96. The van der Waals surface area contributed by atoms with E-state index in [4.69, 9.17) is 5.73 Å². The molecule has 168 valence electrons. The third-order valence-electron chi connectivity index (χ3n) is 6.40. The van der Waals surface area contributed by atoms with Crippen LogP contribution < -0.4 is 11.1 Å². The van der Waals surface area contributed by atoms with Gasteiger partial charge in [-0.3, -0.25) is 4.79 Å². The summed E-state index contributed by atoms with van der Waals surface area (Å²) in [4.78, 5) is 16.8. The van der Waals surface area contributed by atoms with E-state index in [1.807, 2.05) is 36.4 Å². The number of carbonyl (C=O) groups is 1. The molecule has 0 aliphatic rings. The molecule has 3 aromatic carbocycles. The van der Waals surface area contributed by atoms with Crippen LogP contribution in [0, 0.1) is 0 Å². The van der Waals surface area contributed by atoms with Gasteiger partial charge in [0.2, 0.25) is 0 Å². The molecule has 4 rings (SSSR count). The van der Waals surface area contributed by atoms with E-state index in [9.17, 15) is 9.90 Å². The number of hydrogen-bond acceptors (Lipinski definition) is 4. The number of benzene rings is 3. The number of rotatable bonds is 6. The van der Waals surface area contributed by atoms with Gasteiger partial charge >= 0.3 is 0 Å². The van der Waals surface area contributed by atoms with Gasteiger partial charge < -0.3 is 16.2 Å². The van der Waals surface area contributed by atoms with Gasteiger partial charge in [0.1, 0.15) is 5.82 Å². The molecule has 1 unspecified atom stereocenters. The fourth-order valence-electron chi connectivity index (χ4n) is 3.85. The van der Waals surface area contributed by atoms with Gasteiger partial charge in [0.05, 0.1) is 0 Å². The Morgan fingerprint density at radius 1 is 1.03 bits per heavy atom. The lowest BCUT2D eigenvalue weighted by molar-refractivity contribution is -0.124. The van der Waals surface area contributed by atoms with Crippen LogP contribution in [-0.4, -0.2) is 16.0 Å². The van der Waals surface area contributed by atoms with E-state index in [0.717, 1.165) is 28.3 Å². The minimum Gasteiger partial charge on any atom is -0.383 e. The molecule has 33 heavy (non-hydrogen) atoms. The minimum absolute atomic E-state index is 0.125. The van der Waals surface area contributed by atoms with Gasteiger partial charge in [-0.15, -0.1) is 0 Å². The van der Waals surface area contributed by atoms with E-state index >= 15 is 0 Å². The van der Waals surface area contributed by atoms with Crippen molar-refractivity contribution in [3.63, 3.8) is 0 Å². The summed E-state index contributed by atoms with van der Waals surface area (Å²) in [6.07, 6.45) is 1.39. The molecule has 0 saturated heterocycles. The molecule has 1 aromatic heterocycles. The molecule has 0 aliphatic carbocycles. The van der Waals surface area contributed by atoms with E-state index in [1.165, 1.54) is 5.56 Å². The number of amides is 1. The quantitative estimate of drug-likeness (QED) is 0.352. The Hall–Kier alpha value is -3.70. The number of aromatic nitrogens is 1. The van der Waals surface area contributed by atoms with Crippen molar-refractivity contribution in [2.24, 2.45) is 0 Å². The number of nitrogen functional groups attached to an aromatic ring is 1. The van der Waals surface area contributed by atoms with Crippen molar-refractivity contribution in [2.75, 3.05) is 11.1 Å². The lowest BCUT2D eigenvalue weighted by Gasteiger charge is -2.23. The molecule has 0 fully saturated rings.